The normalized spacial score (nSPS) is 16.7. The molecule has 3 aromatic rings. The standard InChI is InChI=1S/C18H16F3N3O.ClH/c19-12-4-5-15(14(21)8-12)24-16-3-1-2-13(20)17(16)18(23-24)25-10-11-6-7-22-9-11;/h1-5,8,11,22H,6-7,9-10H2;1H/t11-;/m1./s1. The maximum Gasteiger partial charge on any atom is 0.244 e. The molecular weight excluding hydrogens is 367 g/mol. The molecule has 4 nitrogen and oxygen atoms in total. The number of nitrogens with one attached hydrogen (secondary N) is 1. The van der Waals surface area contributed by atoms with Gasteiger partial charge in [0.2, 0.25) is 5.88 Å². The van der Waals surface area contributed by atoms with Gasteiger partial charge in [-0.05, 0) is 37.2 Å². The van der Waals surface area contributed by atoms with Crippen molar-refractivity contribution in [1.82, 2.24) is 15.1 Å². The van der Waals surface area contributed by atoms with E-state index in [0.29, 0.717) is 18.0 Å². The summed E-state index contributed by atoms with van der Waals surface area (Å²) in [6.45, 7) is 2.17. The molecule has 138 valence electrons. The minimum Gasteiger partial charge on any atom is -0.476 e. The fraction of sp³-hybridized carbons (Fsp3) is 0.278. The molecule has 2 heterocycles. The first kappa shape index (κ1) is 18.5. The van der Waals surface area contributed by atoms with Crippen LogP contribution in [0.2, 0.25) is 0 Å². The minimum absolute atomic E-state index is 0. The number of halogens is 4. The molecule has 26 heavy (non-hydrogen) atoms. The maximum absolute atomic E-state index is 14.3. The molecule has 0 amide bonds. The number of nitrogens with zero attached hydrogens (tertiary/aromatic N) is 2. The average Bonchev–Trinajstić information content (AvgIpc) is 3.21. The van der Waals surface area contributed by atoms with Crippen LogP contribution in [0, 0.1) is 23.4 Å². The third kappa shape index (κ3) is 3.37. The van der Waals surface area contributed by atoms with Crippen LogP contribution in [0.4, 0.5) is 13.2 Å². The third-order valence-corrected chi connectivity index (χ3v) is 4.38. The lowest BCUT2D eigenvalue weighted by atomic mass is 10.1. The second-order valence-corrected chi connectivity index (χ2v) is 6.12. The number of ether oxygens (including phenoxy) is 1. The summed E-state index contributed by atoms with van der Waals surface area (Å²) in [6, 6.07) is 7.62. The summed E-state index contributed by atoms with van der Waals surface area (Å²) in [5.41, 5.74) is 0.402. The fourth-order valence-corrected chi connectivity index (χ4v) is 3.09. The summed E-state index contributed by atoms with van der Waals surface area (Å²) < 4.78 is 48.7. The van der Waals surface area contributed by atoms with Gasteiger partial charge in [-0.25, -0.2) is 17.9 Å². The van der Waals surface area contributed by atoms with E-state index in [4.69, 9.17) is 4.74 Å². The molecule has 0 spiro atoms. The lowest BCUT2D eigenvalue weighted by Crippen LogP contribution is -2.15. The van der Waals surface area contributed by atoms with Gasteiger partial charge < -0.3 is 10.1 Å². The summed E-state index contributed by atoms with van der Waals surface area (Å²) in [4.78, 5) is 0. The van der Waals surface area contributed by atoms with Gasteiger partial charge in [-0.1, -0.05) is 6.07 Å². The summed E-state index contributed by atoms with van der Waals surface area (Å²) >= 11 is 0. The summed E-state index contributed by atoms with van der Waals surface area (Å²) in [5.74, 6) is -1.52. The lowest BCUT2D eigenvalue weighted by Gasteiger charge is -2.08. The molecule has 1 aromatic heterocycles. The Morgan fingerprint density at radius 1 is 1.15 bits per heavy atom. The highest BCUT2D eigenvalue weighted by molar-refractivity contribution is 5.86. The molecule has 8 heteroatoms. The SMILES string of the molecule is Cl.Fc1ccc(-n2nc(OC[C@@H]3CCNC3)c3c(F)cccc32)c(F)c1. The zero-order valence-corrected chi connectivity index (χ0v) is 14.5. The van der Waals surface area contributed by atoms with Crippen LogP contribution >= 0.6 is 12.4 Å². The van der Waals surface area contributed by atoms with E-state index in [9.17, 15) is 13.2 Å². The van der Waals surface area contributed by atoms with Gasteiger partial charge in [-0.15, -0.1) is 17.5 Å². The molecule has 1 aliphatic heterocycles. The molecule has 0 saturated carbocycles. The highest BCUT2D eigenvalue weighted by atomic mass is 35.5. The van der Waals surface area contributed by atoms with E-state index in [1.54, 1.807) is 6.07 Å². The number of fused-ring (bicyclic) bond motifs is 1. The Hall–Kier alpha value is -2.25. The van der Waals surface area contributed by atoms with E-state index >= 15 is 0 Å². The van der Waals surface area contributed by atoms with Crippen LogP contribution in [0.5, 0.6) is 5.88 Å². The molecule has 2 aromatic carbocycles. The predicted octanol–water partition coefficient (Wildman–Crippen LogP) is 3.85. The van der Waals surface area contributed by atoms with Crippen molar-refractivity contribution in [2.24, 2.45) is 5.92 Å². The van der Waals surface area contributed by atoms with Crippen LogP contribution in [0.25, 0.3) is 16.6 Å². The second-order valence-electron chi connectivity index (χ2n) is 6.12. The van der Waals surface area contributed by atoms with Crippen molar-refractivity contribution >= 4 is 23.3 Å². The number of aromatic nitrogens is 2. The fourth-order valence-electron chi connectivity index (χ4n) is 3.09. The van der Waals surface area contributed by atoms with Gasteiger partial charge in [0.25, 0.3) is 0 Å². The van der Waals surface area contributed by atoms with E-state index in [1.807, 2.05) is 0 Å². The number of hydrogen-bond acceptors (Lipinski definition) is 3. The Kier molecular flexibility index (Phi) is 5.38. The van der Waals surface area contributed by atoms with Crippen molar-refractivity contribution in [2.75, 3.05) is 19.7 Å². The summed E-state index contributed by atoms with van der Waals surface area (Å²) in [6.07, 6.45) is 0.980. The molecule has 1 N–H and O–H groups in total. The zero-order valence-electron chi connectivity index (χ0n) is 13.7. The highest BCUT2D eigenvalue weighted by Gasteiger charge is 2.21. The van der Waals surface area contributed by atoms with Gasteiger partial charge in [0.15, 0.2) is 5.82 Å². The van der Waals surface area contributed by atoms with Crippen LogP contribution < -0.4 is 10.1 Å². The van der Waals surface area contributed by atoms with Crippen molar-refractivity contribution < 1.29 is 17.9 Å². The molecule has 0 bridgehead atoms. The number of rotatable bonds is 4. The Morgan fingerprint density at radius 3 is 2.73 bits per heavy atom. The van der Waals surface area contributed by atoms with Crippen LogP contribution in [0.15, 0.2) is 36.4 Å². The van der Waals surface area contributed by atoms with Crippen LogP contribution in [-0.4, -0.2) is 29.5 Å². The Balaban J connectivity index is 0.00000196. The van der Waals surface area contributed by atoms with Crippen molar-refractivity contribution in [1.29, 1.82) is 0 Å². The van der Waals surface area contributed by atoms with E-state index in [1.165, 1.54) is 22.9 Å². The molecule has 4 rings (SSSR count). The van der Waals surface area contributed by atoms with E-state index in [0.717, 1.165) is 31.6 Å². The first-order valence-corrected chi connectivity index (χ1v) is 8.09. The first-order valence-electron chi connectivity index (χ1n) is 8.09. The van der Waals surface area contributed by atoms with Crippen molar-refractivity contribution in [3.63, 3.8) is 0 Å². The van der Waals surface area contributed by atoms with Crippen molar-refractivity contribution in [2.45, 2.75) is 6.42 Å². The van der Waals surface area contributed by atoms with Crippen LogP contribution in [0.1, 0.15) is 6.42 Å². The van der Waals surface area contributed by atoms with E-state index in [2.05, 4.69) is 10.4 Å². The first-order chi connectivity index (χ1) is 12.1. The van der Waals surface area contributed by atoms with Crippen LogP contribution in [0.3, 0.4) is 0 Å². The smallest absolute Gasteiger partial charge is 0.244 e. The number of benzene rings is 2. The van der Waals surface area contributed by atoms with Crippen molar-refractivity contribution in [3.05, 3.63) is 53.8 Å². The molecule has 0 radical (unpaired) electrons. The maximum atomic E-state index is 14.3. The quantitative estimate of drug-likeness (QED) is 0.743. The van der Waals surface area contributed by atoms with E-state index in [-0.39, 0.29) is 29.4 Å². The zero-order chi connectivity index (χ0) is 17.4. The molecule has 1 aliphatic rings. The molecule has 1 saturated heterocycles. The minimum atomic E-state index is -0.778. The topological polar surface area (TPSA) is 39.1 Å². The summed E-state index contributed by atoms with van der Waals surface area (Å²) in [7, 11) is 0. The predicted molar refractivity (Wildman–Crippen MR) is 94.7 cm³/mol. The van der Waals surface area contributed by atoms with E-state index < -0.39 is 17.5 Å². The second kappa shape index (κ2) is 7.55. The van der Waals surface area contributed by atoms with Gasteiger partial charge in [-0.2, -0.15) is 0 Å². The van der Waals surface area contributed by atoms with Crippen molar-refractivity contribution in [3.8, 4) is 11.6 Å². The molecular formula is C18H17ClF3N3O. The van der Waals surface area contributed by atoms with Gasteiger partial charge >= 0.3 is 0 Å². The highest BCUT2D eigenvalue weighted by Crippen LogP contribution is 2.31. The Morgan fingerprint density at radius 2 is 2.00 bits per heavy atom. The average molecular weight is 384 g/mol. The Labute approximate surface area is 154 Å². The van der Waals surface area contributed by atoms with Gasteiger partial charge in [-0.3, -0.25) is 0 Å². The van der Waals surface area contributed by atoms with Gasteiger partial charge in [0, 0.05) is 18.5 Å². The summed E-state index contributed by atoms with van der Waals surface area (Å²) in [5, 5.41) is 7.67. The molecule has 1 atom stereocenters. The monoisotopic (exact) mass is 383 g/mol. The van der Waals surface area contributed by atoms with Gasteiger partial charge in [0.1, 0.15) is 17.3 Å². The Bertz CT molecular complexity index is 925. The van der Waals surface area contributed by atoms with Crippen LogP contribution in [-0.2, 0) is 0 Å². The largest absolute Gasteiger partial charge is 0.476 e. The molecule has 1 fully saturated rings. The van der Waals surface area contributed by atoms with Gasteiger partial charge in [0.05, 0.1) is 17.5 Å². The molecule has 0 unspecified atom stereocenters. The molecule has 0 aliphatic carbocycles. The lowest BCUT2D eigenvalue weighted by molar-refractivity contribution is 0.251. The number of hydrogen-bond donors (Lipinski definition) is 1. The third-order valence-electron chi connectivity index (χ3n) is 4.38.